The lowest BCUT2D eigenvalue weighted by Crippen LogP contribution is -2.16. The Morgan fingerprint density at radius 3 is 2.31 bits per heavy atom. The summed E-state index contributed by atoms with van der Waals surface area (Å²) < 4.78 is 5.76. The minimum Gasteiger partial charge on any atom is -0.490 e. The summed E-state index contributed by atoms with van der Waals surface area (Å²) in [5, 5.41) is 13.9. The van der Waals surface area contributed by atoms with Gasteiger partial charge in [-0.15, -0.1) is 0 Å². The van der Waals surface area contributed by atoms with Gasteiger partial charge < -0.3 is 14.7 Å². The lowest BCUT2D eigenvalue weighted by atomic mass is 9.93. The molecule has 0 radical (unpaired) electrons. The molecular formula is C33H34N2O4. The van der Waals surface area contributed by atoms with Gasteiger partial charge in [-0.3, -0.25) is 9.78 Å². The molecular weight excluding hydrogens is 488 g/mol. The Morgan fingerprint density at radius 1 is 0.872 bits per heavy atom. The van der Waals surface area contributed by atoms with E-state index >= 15 is 0 Å². The summed E-state index contributed by atoms with van der Waals surface area (Å²) in [7, 11) is 0. The summed E-state index contributed by atoms with van der Waals surface area (Å²) in [4.78, 5) is 21.6. The zero-order valence-electron chi connectivity index (χ0n) is 22.2. The van der Waals surface area contributed by atoms with Crippen LogP contribution in [0.3, 0.4) is 0 Å². The molecule has 4 rings (SSSR count). The maximum absolute atomic E-state index is 11.8. The first-order valence-corrected chi connectivity index (χ1v) is 13.3. The average molecular weight is 523 g/mol. The molecule has 1 unspecified atom stereocenters. The van der Waals surface area contributed by atoms with Crippen molar-refractivity contribution in [1.29, 1.82) is 0 Å². The van der Waals surface area contributed by atoms with Crippen molar-refractivity contribution < 1.29 is 19.5 Å². The molecule has 0 bridgehead atoms. The van der Waals surface area contributed by atoms with Gasteiger partial charge in [0.2, 0.25) is 0 Å². The first-order valence-electron chi connectivity index (χ1n) is 13.3. The van der Waals surface area contributed by atoms with Crippen LogP contribution in [0.1, 0.15) is 36.5 Å². The number of nitrogens with zero attached hydrogens (tertiary/aromatic N) is 2. The Bertz CT molecular complexity index is 1320. The fraction of sp³-hybridized carbons (Fsp3) is 0.242. The number of ether oxygens (including phenoxy) is 1. The Labute approximate surface area is 230 Å². The minimum atomic E-state index is -0.750. The maximum atomic E-state index is 11.8. The SMILES string of the molecule is C/C(=N/OCCOc1ccc(CC(CCCc2ccccc2)C(=O)O)cc1)c1ccc(-c2ccccn2)cc1. The molecule has 0 fully saturated rings. The van der Waals surface area contributed by atoms with Crippen LogP contribution in [-0.4, -0.2) is 35.0 Å². The summed E-state index contributed by atoms with van der Waals surface area (Å²) in [5.41, 5.74) is 5.97. The first-order chi connectivity index (χ1) is 19.1. The van der Waals surface area contributed by atoms with Gasteiger partial charge in [0, 0.05) is 11.8 Å². The second-order valence-electron chi connectivity index (χ2n) is 9.41. The van der Waals surface area contributed by atoms with Crippen LogP contribution in [0.4, 0.5) is 0 Å². The molecule has 0 saturated carbocycles. The predicted octanol–water partition coefficient (Wildman–Crippen LogP) is 6.83. The van der Waals surface area contributed by atoms with Gasteiger partial charge in [0.1, 0.15) is 12.4 Å². The lowest BCUT2D eigenvalue weighted by molar-refractivity contribution is -0.142. The van der Waals surface area contributed by atoms with E-state index in [4.69, 9.17) is 9.57 Å². The number of aliphatic carboxylic acids is 1. The highest BCUT2D eigenvalue weighted by molar-refractivity contribution is 5.98. The van der Waals surface area contributed by atoms with Crippen molar-refractivity contribution in [3.8, 4) is 17.0 Å². The summed E-state index contributed by atoms with van der Waals surface area (Å²) >= 11 is 0. The van der Waals surface area contributed by atoms with E-state index in [1.54, 1.807) is 6.20 Å². The molecule has 39 heavy (non-hydrogen) atoms. The number of carbonyl (C=O) groups is 1. The zero-order valence-corrected chi connectivity index (χ0v) is 22.2. The van der Waals surface area contributed by atoms with Crippen LogP contribution >= 0.6 is 0 Å². The number of carboxylic acids is 1. The molecule has 6 heteroatoms. The second-order valence-corrected chi connectivity index (χ2v) is 9.41. The summed E-state index contributed by atoms with van der Waals surface area (Å²) in [6, 6.07) is 31.7. The van der Waals surface area contributed by atoms with Gasteiger partial charge in [0.25, 0.3) is 0 Å². The number of rotatable bonds is 14. The van der Waals surface area contributed by atoms with Crippen LogP contribution in [0.5, 0.6) is 5.75 Å². The van der Waals surface area contributed by atoms with Crippen molar-refractivity contribution in [1.82, 2.24) is 4.98 Å². The number of oxime groups is 1. The number of carboxylic acid groups (broad SMARTS) is 1. The molecule has 4 aromatic rings. The molecule has 0 aliphatic rings. The van der Waals surface area contributed by atoms with Gasteiger partial charge in [-0.2, -0.15) is 0 Å². The third-order valence-electron chi connectivity index (χ3n) is 6.52. The topological polar surface area (TPSA) is 81.0 Å². The van der Waals surface area contributed by atoms with Crippen molar-refractivity contribution >= 4 is 11.7 Å². The van der Waals surface area contributed by atoms with Crippen LogP contribution in [-0.2, 0) is 22.5 Å². The first kappa shape index (κ1) is 27.6. The predicted molar refractivity (Wildman–Crippen MR) is 154 cm³/mol. The van der Waals surface area contributed by atoms with Gasteiger partial charge in [0.05, 0.1) is 17.3 Å². The molecule has 0 amide bonds. The molecule has 0 saturated heterocycles. The van der Waals surface area contributed by atoms with E-state index in [0.29, 0.717) is 31.8 Å². The zero-order chi connectivity index (χ0) is 27.3. The van der Waals surface area contributed by atoms with Crippen LogP contribution in [0.25, 0.3) is 11.3 Å². The van der Waals surface area contributed by atoms with Crippen LogP contribution in [0.15, 0.2) is 108 Å². The number of hydrogen-bond donors (Lipinski definition) is 1. The Hall–Kier alpha value is -4.45. The van der Waals surface area contributed by atoms with Crippen LogP contribution in [0, 0.1) is 5.92 Å². The van der Waals surface area contributed by atoms with E-state index in [1.807, 2.05) is 91.9 Å². The number of benzene rings is 3. The van der Waals surface area contributed by atoms with Crippen molar-refractivity contribution in [3.05, 3.63) is 120 Å². The highest BCUT2D eigenvalue weighted by Crippen LogP contribution is 2.20. The number of aromatic nitrogens is 1. The van der Waals surface area contributed by atoms with Crippen LogP contribution < -0.4 is 4.74 Å². The number of hydrogen-bond acceptors (Lipinski definition) is 5. The summed E-state index contributed by atoms with van der Waals surface area (Å²) in [5.74, 6) is -0.439. The molecule has 3 aromatic carbocycles. The minimum absolute atomic E-state index is 0.313. The van der Waals surface area contributed by atoms with Crippen molar-refractivity contribution in [2.45, 2.75) is 32.6 Å². The van der Waals surface area contributed by atoms with Gasteiger partial charge >= 0.3 is 5.97 Å². The molecule has 0 spiro atoms. The van der Waals surface area contributed by atoms with Gasteiger partial charge in [-0.05, 0) is 73.6 Å². The standard InChI is InChI=1S/C33H34N2O4/c1-25(28-15-17-29(18-16-28)32-12-5-6-21-34-32)35-39-23-22-38-31-19-13-27(14-20-31)24-30(33(36)37)11-7-10-26-8-3-2-4-9-26/h2-6,8-9,12-21,30H,7,10-11,22-24H2,1H3,(H,36,37)/b35-25-. The Kier molecular flexibility index (Phi) is 10.2. The fourth-order valence-electron chi connectivity index (χ4n) is 4.32. The fourth-order valence-corrected chi connectivity index (χ4v) is 4.32. The molecule has 0 aliphatic carbocycles. The van der Waals surface area contributed by atoms with Gasteiger partial charge in [-0.1, -0.05) is 78.0 Å². The highest BCUT2D eigenvalue weighted by Gasteiger charge is 2.17. The number of pyridine rings is 1. The second kappa shape index (κ2) is 14.5. The maximum Gasteiger partial charge on any atom is 0.306 e. The van der Waals surface area contributed by atoms with E-state index in [2.05, 4.69) is 22.3 Å². The molecule has 1 heterocycles. The van der Waals surface area contributed by atoms with E-state index < -0.39 is 11.9 Å². The quantitative estimate of drug-likeness (QED) is 0.111. The summed E-state index contributed by atoms with van der Waals surface area (Å²) in [6.07, 6.45) is 4.67. The molecule has 1 aromatic heterocycles. The van der Waals surface area contributed by atoms with Gasteiger partial charge in [-0.25, -0.2) is 0 Å². The molecule has 1 N–H and O–H groups in total. The molecule has 0 aliphatic heterocycles. The van der Waals surface area contributed by atoms with Gasteiger partial charge in [0.15, 0.2) is 6.61 Å². The van der Waals surface area contributed by atoms with Crippen molar-refractivity contribution in [2.75, 3.05) is 13.2 Å². The highest BCUT2D eigenvalue weighted by atomic mass is 16.6. The average Bonchev–Trinajstić information content (AvgIpc) is 2.98. The molecule has 1 atom stereocenters. The lowest BCUT2D eigenvalue weighted by Gasteiger charge is -2.13. The van der Waals surface area contributed by atoms with Crippen LogP contribution in [0.2, 0.25) is 0 Å². The molecule has 200 valence electrons. The van der Waals surface area contributed by atoms with E-state index in [9.17, 15) is 9.90 Å². The Balaban J connectivity index is 1.18. The monoisotopic (exact) mass is 522 g/mol. The van der Waals surface area contributed by atoms with E-state index in [0.717, 1.165) is 40.9 Å². The van der Waals surface area contributed by atoms with E-state index in [-0.39, 0.29) is 0 Å². The van der Waals surface area contributed by atoms with E-state index in [1.165, 1.54) is 5.56 Å². The third kappa shape index (κ3) is 8.82. The largest absolute Gasteiger partial charge is 0.490 e. The summed E-state index contributed by atoms with van der Waals surface area (Å²) in [6.45, 7) is 2.57. The number of aryl methyl sites for hydroxylation is 1. The smallest absolute Gasteiger partial charge is 0.306 e. The molecule has 6 nitrogen and oxygen atoms in total. The van der Waals surface area contributed by atoms with Crippen molar-refractivity contribution in [2.24, 2.45) is 11.1 Å². The normalized spacial score (nSPS) is 12.1. The van der Waals surface area contributed by atoms with Crippen molar-refractivity contribution in [3.63, 3.8) is 0 Å². The third-order valence-corrected chi connectivity index (χ3v) is 6.52. The Morgan fingerprint density at radius 2 is 1.62 bits per heavy atom.